The van der Waals surface area contributed by atoms with E-state index in [1.54, 1.807) is 0 Å². The van der Waals surface area contributed by atoms with Crippen LogP contribution in [0.3, 0.4) is 0 Å². The van der Waals surface area contributed by atoms with Gasteiger partial charge in [-0.05, 0) is 38.5 Å². The van der Waals surface area contributed by atoms with E-state index in [1.807, 2.05) is 0 Å². The summed E-state index contributed by atoms with van der Waals surface area (Å²) in [5.74, 6) is -1.11. The molecule has 1 rings (SSSR count). The van der Waals surface area contributed by atoms with Crippen LogP contribution < -0.4 is 0 Å². The molecule has 1 aliphatic carbocycles. The Labute approximate surface area is 368 Å². The molecule has 6 unspecified atom stereocenters. The van der Waals surface area contributed by atoms with Crippen molar-refractivity contribution in [3.05, 3.63) is 24.3 Å². The summed E-state index contributed by atoms with van der Waals surface area (Å²) in [5, 5.41) is 50.1. The number of aliphatic hydroxyl groups is 5. The second kappa shape index (κ2) is 37.7. The highest BCUT2D eigenvalue weighted by Gasteiger charge is 2.51. The molecule has 0 saturated heterocycles. The lowest BCUT2D eigenvalue weighted by Crippen LogP contribution is -2.64. The molecule has 0 aromatic carbocycles. The van der Waals surface area contributed by atoms with Crippen molar-refractivity contribution in [2.24, 2.45) is 0 Å². The molecule has 0 radical (unpaired) electrons. The molecule has 14 heteroatoms. The van der Waals surface area contributed by atoms with Crippen LogP contribution in [0.15, 0.2) is 24.3 Å². The molecule has 61 heavy (non-hydrogen) atoms. The van der Waals surface area contributed by atoms with E-state index in [2.05, 4.69) is 38.2 Å². The fourth-order valence-corrected chi connectivity index (χ4v) is 8.36. The Morgan fingerprint density at radius 3 is 1.39 bits per heavy atom. The van der Waals surface area contributed by atoms with Crippen LogP contribution in [0.5, 0.6) is 0 Å². The molecule has 1 aliphatic rings. The van der Waals surface area contributed by atoms with Gasteiger partial charge < -0.3 is 39.9 Å². The maximum Gasteiger partial charge on any atom is 0.472 e. The molecule has 1 fully saturated rings. The highest BCUT2D eigenvalue weighted by Crippen LogP contribution is 2.47. The zero-order chi connectivity index (χ0) is 45.0. The van der Waals surface area contributed by atoms with Crippen molar-refractivity contribution in [3.8, 4) is 0 Å². The minimum Gasteiger partial charge on any atom is -0.462 e. The van der Waals surface area contributed by atoms with Crippen LogP contribution >= 0.6 is 7.82 Å². The zero-order valence-electron chi connectivity index (χ0n) is 38.0. The number of phosphoric acid groups is 1. The van der Waals surface area contributed by atoms with E-state index in [0.29, 0.717) is 12.8 Å². The first-order valence-electron chi connectivity index (χ1n) is 24.1. The number of allylic oxidation sites excluding steroid dienone is 4. The average molecular weight is 891 g/mol. The number of rotatable bonds is 40. The first kappa shape index (κ1) is 57.3. The van der Waals surface area contributed by atoms with Crippen molar-refractivity contribution in [1.82, 2.24) is 0 Å². The number of hydrogen-bond donors (Lipinski definition) is 6. The van der Waals surface area contributed by atoms with Crippen LogP contribution in [0.25, 0.3) is 0 Å². The summed E-state index contributed by atoms with van der Waals surface area (Å²) in [5.41, 5.74) is 0. The van der Waals surface area contributed by atoms with E-state index in [1.165, 1.54) is 96.3 Å². The zero-order valence-corrected chi connectivity index (χ0v) is 38.9. The van der Waals surface area contributed by atoms with Crippen LogP contribution in [0.2, 0.25) is 0 Å². The topological polar surface area (TPSA) is 210 Å². The number of unbranched alkanes of at least 4 members (excludes halogenated alkanes) is 24. The molecule has 0 aromatic rings. The third-order valence-corrected chi connectivity index (χ3v) is 12.3. The van der Waals surface area contributed by atoms with Gasteiger partial charge in [-0.2, -0.15) is 0 Å². The Balaban J connectivity index is 2.40. The molecule has 0 aliphatic heterocycles. The van der Waals surface area contributed by atoms with Gasteiger partial charge in [0, 0.05) is 12.8 Å². The van der Waals surface area contributed by atoms with E-state index in [9.17, 15) is 44.6 Å². The summed E-state index contributed by atoms with van der Waals surface area (Å²) in [7, 11) is -5.12. The summed E-state index contributed by atoms with van der Waals surface area (Å²) >= 11 is 0. The Hall–Kier alpha value is -1.67. The number of phosphoric ester groups is 1. The number of ether oxygens (including phenoxy) is 2. The Morgan fingerprint density at radius 2 is 0.918 bits per heavy atom. The quantitative estimate of drug-likeness (QED) is 0.0147. The number of esters is 2. The normalized spacial score (nSPS) is 22.2. The second-order valence-corrected chi connectivity index (χ2v) is 18.4. The summed E-state index contributed by atoms with van der Waals surface area (Å²) < 4.78 is 33.5. The van der Waals surface area contributed by atoms with E-state index < -0.39 is 75.7 Å². The fourth-order valence-electron chi connectivity index (χ4n) is 7.39. The summed E-state index contributed by atoms with van der Waals surface area (Å²) in [4.78, 5) is 35.7. The number of carbonyl (C=O) groups excluding carboxylic acids is 2. The van der Waals surface area contributed by atoms with E-state index in [4.69, 9.17) is 18.5 Å². The van der Waals surface area contributed by atoms with Crippen LogP contribution in [0.4, 0.5) is 0 Å². The summed E-state index contributed by atoms with van der Waals surface area (Å²) in [6.45, 7) is 3.24. The number of carbonyl (C=O) groups is 2. The van der Waals surface area contributed by atoms with Gasteiger partial charge in [0.25, 0.3) is 0 Å². The number of aliphatic hydroxyl groups excluding tert-OH is 5. The van der Waals surface area contributed by atoms with Crippen molar-refractivity contribution in [3.63, 3.8) is 0 Å². The molecular formula is C47H87O13P. The maximum atomic E-state index is 12.8. The smallest absolute Gasteiger partial charge is 0.462 e. The number of hydrogen-bond acceptors (Lipinski definition) is 12. The van der Waals surface area contributed by atoms with Crippen LogP contribution in [0, 0.1) is 0 Å². The monoisotopic (exact) mass is 891 g/mol. The minimum absolute atomic E-state index is 0.0830. The van der Waals surface area contributed by atoms with Gasteiger partial charge in [0.2, 0.25) is 0 Å². The SMILES string of the molecule is CCC/C=C\C/C=C\CCCCCCCC(=O)OC(COC(=O)CCCCCCCCCCCCCCCCCCCCC)COP(=O)(O)OC1C(O)C(O)C(O)C(O)C1O. The molecule has 1 saturated carbocycles. The van der Waals surface area contributed by atoms with Crippen molar-refractivity contribution < 1.29 is 63.1 Å². The molecule has 0 heterocycles. The summed E-state index contributed by atoms with van der Waals surface area (Å²) in [6.07, 6.45) is 28.1. The van der Waals surface area contributed by atoms with Crippen LogP contribution in [-0.4, -0.2) is 98.3 Å². The van der Waals surface area contributed by atoms with Crippen molar-refractivity contribution in [1.29, 1.82) is 0 Å². The van der Waals surface area contributed by atoms with Gasteiger partial charge in [0.05, 0.1) is 6.61 Å². The molecule has 6 N–H and O–H groups in total. The van der Waals surface area contributed by atoms with Crippen molar-refractivity contribution >= 4 is 19.8 Å². The third-order valence-electron chi connectivity index (χ3n) is 11.3. The van der Waals surface area contributed by atoms with E-state index in [-0.39, 0.29) is 12.8 Å². The molecule has 0 amide bonds. The predicted octanol–water partition coefficient (Wildman–Crippen LogP) is 9.62. The van der Waals surface area contributed by atoms with Gasteiger partial charge >= 0.3 is 19.8 Å². The Kier molecular flexibility index (Phi) is 35.4. The van der Waals surface area contributed by atoms with Gasteiger partial charge in [0.1, 0.15) is 43.2 Å². The van der Waals surface area contributed by atoms with Crippen molar-refractivity contribution in [2.45, 2.75) is 249 Å². The maximum absolute atomic E-state index is 12.8. The second-order valence-electron chi connectivity index (χ2n) is 17.0. The van der Waals surface area contributed by atoms with Gasteiger partial charge in [-0.25, -0.2) is 4.57 Å². The first-order chi connectivity index (χ1) is 29.4. The predicted molar refractivity (Wildman–Crippen MR) is 240 cm³/mol. The Bertz CT molecular complexity index is 1170. The van der Waals surface area contributed by atoms with Gasteiger partial charge in [-0.15, -0.1) is 0 Å². The molecule has 0 bridgehead atoms. The lowest BCUT2D eigenvalue weighted by molar-refractivity contribution is -0.220. The molecule has 13 nitrogen and oxygen atoms in total. The van der Waals surface area contributed by atoms with E-state index in [0.717, 1.165) is 70.6 Å². The van der Waals surface area contributed by atoms with Crippen LogP contribution in [0.1, 0.15) is 206 Å². The van der Waals surface area contributed by atoms with Crippen LogP contribution in [-0.2, 0) is 32.7 Å². The van der Waals surface area contributed by atoms with E-state index >= 15 is 0 Å². The summed E-state index contributed by atoms with van der Waals surface area (Å²) in [6, 6.07) is 0. The molecule has 0 aromatic heterocycles. The third kappa shape index (κ3) is 30.2. The fraction of sp³-hybridized carbons (Fsp3) is 0.872. The molecule has 0 spiro atoms. The van der Waals surface area contributed by atoms with Gasteiger partial charge in [0.15, 0.2) is 6.10 Å². The van der Waals surface area contributed by atoms with Crippen molar-refractivity contribution in [2.75, 3.05) is 13.2 Å². The van der Waals surface area contributed by atoms with Gasteiger partial charge in [-0.1, -0.05) is 179 Å². The average Bonchev–Trinajstić information content (AvgIpc) is 3.24. The first-order valence-corrected chi connectivity index (χ1v) is 25.6. The lowest BCUT2D eigenvalue weighted by atomic mass is 9.85. The largest absolute Gasteiger partial charge is 0.472 e. The molecular weight excluding hydrogens is 803 g/mol. The lowest BCUT2D eigenvalue weighted by Gasteiger charge is -2.41. The highest BCUT2D eigenvalue weighted by atomic mass is 31.2. The molecule has 358 valence electrons. The van der Waals surface area contributed by atoms with Gasteiger partial charge in [-0.3, -0.25) is 18.6 Å². The Morgan fingerprint density at radius 1 is 0.508 bits per heavy atom. The standard InChI is InChI=1S/C47H87O13P/c1-3-5-7-9-11-13-15-17-18-19-20-21-22-24-25-27-29-31-33-35-40(48)57-37-39(38-58-61(55,56)60-47-45(53)43(51)42(50)44(52)46(47)54)59-41(49)36-34-32-30-28-26-23-16-14-12-10-8-6-4-2/h8,10,14,16,39,42-47,50-54H,3-7,9,11-13,15,17-38H2,1-2H3,(H,55,56)/b10-8-,16-14-. The highest BCUT2D eigenvalue weighted by molar-refractivity contribution is 7.47. The minimum atomic E-state index is -5.12. The molecule has 6 atom stereocenters.